The number of aliphatic carboxylic acids is 1. The molecule has 0 aromatic heterocycles. The molecule has 0 heterocycles. The zero-order valence-corrected chi connectivity index (χ0v) is 10.7. The van der Waals surface area contributed by atoms with Crippen LogP contribution in [0.3, 0.4) is 0 Å². The van der Waals surface area contributed by atoms with Crippen LogP contribution in [-0.4, -0.2) is 29.1 Å². The number of hydrogen-bond acceptors (Lipinski definition) is 2. The third kappa shape index (κ3) is 3.96. The van der Waals surface area contributed by atoms with E-state index in [1.165, 1.54) is 12.1 Å². The summed E-state index contributed by atoms with van der Waals surface area (Å²) in [7, 11) is 0. The molecule has 0 saturated heterocycles. The maximum atomic E-state index is 13.6. The van der Waals surface area contributed by atoms with E-state index in [1.807, 2.05) is 0 Å². The Kier molecular flexibility index (Phi) is 4.19. The quantitative estimate of drug-likeness (QED) is 0.865. The second kappa shape index (κ2) is 5.67. The van der Waals surface area contributed by atoms with Crippen LogP contribution in [0.4, 0.5) is 4.39 Å². The van der Waals surface area contributed by atoms with Crippen LogP contribution in [0.5, 0.6) is 0 Å². The van der Waals surface area contributed by atoms with E-state index in [0.29, 0.717) is 23.0 Å². The molecule has 3 nitrogen and oxygen atoms in total. The maximum Gasteiger partial charge on any atom is 0.317 e. The van der Waals surface area contributed by atoms with Gasteiger partial charge >= 0.3 is 5.97 Å². The van der Waals surface area contributed by atoms with E-state index >= 15 is 0 Å². The van der Waals surface area contributed by atoms with Gasteiger partial charge in [-0.2, -0.15) is 0 Å². The summed E-state index contributed by atoms with van der Waals surface area (Å²) < 4.78 is 13.6. The summed E-state index contributed by atoms with van der Waals surface area (Å²) in [6, 6.07) is 4.36. The molecule has 98 valence electrons. The molecule has 0 unspecified atom stereocenters. The van der Waals surface area contributed by atoms with E-state index in [-0.39, 0.29) is 18.9 Å². The number of carboxylic acids is 1. The van der Waals surface area contributed by atoms with Gasteiger partial charge in [0.25, 0.3) is 0 Å². The van der Waals surface area contributed by atoms with Gasteiger partial charge < -0.3 is 5.11 Å². The lowest BCUT2D eigenvalue weighted by Crippen LogP contribution is -2.31. The van der Waals surface area contributed by atoms with Crippen LogP contribution in [0.25, 0.3) is 0 Å². The molecule has 1 aliphatic rings. The fourth-order valence-corrected chi connectivity index (χ4v) is 2.14. The fraction of sp³-hybridized carbons (Fsp3) is 0.462. The Hall–Kier alpha value is -1.13. The van der Waals surface area contributed by atoms with E-state index < -0.39 is 5.97 Å². The van der Waals surface area contributed by atoms with Crippen molar-refractivity contribution in [1.82, 2.24) is 4.90 Å². The molecule has 1 aliphatic carbocycles. The SMILES string of the molecule is O=C(O)CN(Cc1cc(Cl)ccc1F)CC1CC1. The van der Waals surface area contributed by atoms with Crippen LogP contribution in [0.15, 0.2) is 18.2 Å². The number of benzene rings is 1. The normalized spacial score (nSPS) is 15.1. The summed E-state index contributed by atoms with van der Waals surface area (Å²) in [4.78, 5) is 12.6. The predicted octanol–water partition coefficient (Wildman–Crippen LogP) is 2.78. The minimum Gasteiger partial charge on any atom is -0.480 e. The highest BCUT2D eigenvalue weighted by atomic mass is 35.5. The molecule has 1 fully saturated rings. The monoisotopic (exact) mass is 271 g/mol. The molecule has 0 atom stereocenters. The fourth-order valence-electron chi connectivity index (χ4n) is 1.95. The lowest BCUT2D eigenvalue weighted by atomic mass is 10.2. The van der Waals surface area contributed by atoms with Crippen molar-refractivity contribution in [2.24, 2.45) is 5.92 Å². The minimum atomic E-state index is -0.891. The van der Waals surface area contributed by atoms with Gasteiger partial charge in [-0.1, -0.05) is 11.6 Å². The Labute approximate surface area is 110 Å². The second-order valence-electron chi connectivity index (χ2n) is 4.74. The van der Waals surface area contributed by atoms with Crippen LogP contribution < -0.4 is 0 Å². The summed E-state index contributed by atoms with van der Waals surface area (Å²) >= 11 is 5.82. The lowest BCUT2D eigenvalue weighted by molar-refractivity contribution is -0.138. The topological polar surface area (TPSA) is 40.5 Å². The van der Waals surface area contributed by atoms with Crippen LogP contribution in [0.2, 0.25) is 5.02 Å². The van der Waals surface area contributed by atoms with Crippen molar-refractivity contribution in [3.63, 3.8) is 0 Å². The van der Waals surface area contributed by atoms with Crippen LogP contribution >= 0.6 is 11.6 Å². The lowest BCUT2D eigenvalue weighted by Gasteiger charge is -2.20. The third-order valence-electron chi connectivity index (χ3n) is 2.97. The zero-order chi connectivity index (χ0) is 13.1. The number of rotatable bonds is 6. The van der Waals surface area contributed by atoms with Crippen LogP contribution in [0, 0.1) is 11.7 Å². The van der Waals surface area contributed by atoms with Gasteiger partial charge in [0, 0.05) is 23.7 Å². The number of carbonyl (C=O) groups is 1. The van der Waals surface area contributed by atoms with E-state index in [0.717, 1.165) is 12.8 Å². The Balaban J connectivity index is 2.05. The van der Waals surface area contributed by atoms with Gasteiger partial charge in [-0.25, -0.2) is 4.39 Å². The molecular weight excluding hydrogens is 257 g/mol. The molecule has 1 N–H and O–H groups in total. The first-order chi connectivity index (χ1) is 8.54. The molecule has 1 aromatic carbocycles. The van der Waals surface area contributed by atoms with E-state index in [1.54, 1.807) is 11.0 Å². The zero-order valence-electron chi connectivity index (χ0n) is 9.90. The molecule has 5 heteroatoms. The number of carboxylic acid groups (broad SMARTS) is 1. The van der Waals surface area contributed by atoms with Crippen molar-refractivity contribution >= 4 is 17.6 Å². The molecular formula is C13H15ClFNO2. The van der Waals surface area contributed by atoms with Gasteiger partial charge in [-0.05, 0) is 37.0 Å². The first-order valence-corrected chi connectivity index (χ1v) is 6.30. The summed E-state index contributed by atoms with van der Waals surface area (Å²) in [5.74, 6) is -0.671. The van der Waals surface area contributed by atoms with Crippen molar-refractivity contribution in [3.05, 3.63) is 34.6 Å². The summed E-state index contributed by atoms with van der Waals surface area (Å²) in [5, 5.41) is 9.32. The average molecular weight is 272 g/mol. The molecule has 1 aromatic rings. The largest absolute Gasteiger partial charge is 0.480 e. The van der Waals surface area contributed by atoms with Gasteiger partial charge in [0.1, 0.15) is 5.82 Å². The Morgan fingerprint density at radius 1 is 1.50 bits per heavy atom. The minimum absolute atomic E-state index is 0.0670. The predicted molar refractivity (Wildman–Crippen MR) is 67.0 cm³/mol. The highest BCUT2D eigenvalue weighted by molar-refractivity contribution is 6.30. The first kappa shape index (κ1) is 13.3. The molecule has 2 rings (SSSR count). The standard InChI is InChI=1S/C13H15ClFNO2/c14-11-3-4-12(15)10(5-11)7-16(8-13(17)18)6-9-1-2-9/h3-5,9H,1-2,6-8H2,(H,17,18). The molecule has 1 saturated carbocycles. The van der Waals surface area contributed by atoms with E-state index in [2.05, 4.69) is 0 Å². The summed E-state index contributed by atoms with van der Waals surface area (Å²) in [6.45, 7) is 0.926. The third-order valence-corrected chi connectivity index (χ3v) is 3.21. The van der Waals surface area contributed by atoms with Gasteiger partial charge in [0.15, 0.2) is 0 Å². The van der Waals surface area contributed by atoms with Crippen molar-refractivity contribution in [3.8, 4) is 0 Å². The second-order valence-corrected chi connectivity index (χ2v) is 5.18. The molecule has 0 aliphatic heterocycles. The first-order valence-electron chi connectivity index (χ1n) is 5.92. The highest BCUT2D eigenvalue weighted by Crippen LogP contribution is 2.30. The maximum absolute atomic E-state index is 13.6. The van der Waals surface area contributed by atoms with Crippen molar-refractivity contribution < 1.29 is 14.3 Å². The van der Waals surface area contributed by atoms with Gasteiger partial charge in [0.05, 0.1) is 6.54 Å². The van der Waals surface area contributed by atoms with Gasteiger partial charge in [-0.3, -0.25) is 9.69 Å². The molecule has 0 amide bonds. The Morgan fingerprint density at radius 2 is 2.22 bits per heavy atom. The molecule has 0 radical (unpaired) electrons. The van der Waals surface area contributed by atoms with E-state index in [9.17, 15) is 9.18 Å². The summed E-state index contributed by atoms with van der Waals surface area (Å²) in [6.07, 6.45) is 2.27. The molecule has 0 spiro atoms. The smallest absolute Gasteiger partial charge is 0.317 e. The highest BCUT2D eigenvalue weighted by Gasteiger charge is 2.25. The van der Waals surface area contributed by atoms with Gasteiger partial charge in [0.2, 0.25) is 0 Å². The van der Waals surface area contributed by atoms with Crippen LogP contribution in [-0.2, 0) is 11.3 Å². The molecule has 0 bridgehead atoms. The van der Waals surface area contributed by atoms with Crippen LogP contribution in [0.1, 0.15) is 18.4 Å². The Morgan fingerprint density at radius 3 is 2.83 bits per heavy atom. The van der Waals surface area contributed by atoms with E-state index in [4.69, 9.17) is 16.7 Å². The van der Waals surface area contributed by atoms with Crippen molar-refractivity contribution in [1.29, 1.82) is 0 Å². The Bertz CT molecular complexity index is 449. The molecule has 18 heavy (non-hydrogen) atoms. The van der Waals surface area contributed by atoms with Gasteiger partial charge in [-0.15, -0.1) is 0 Å². The number of hydrogen-bond donors (Lipinski definition) is 1. The van der Waals surface area contributed by atoms with Crippen molar-refractivity contribution in [2.75, 3.05) is 13.1 Å². The number of nitrogens with zero attached hydrogens (tertiary/aromatic N) is 1. The average Bonchev–Trinajstić information content (AvgIpc) is 3.06. The summed E-state index contributed by atoms with van der Waals surface area (Å²) in [5.41, 5.74) is 0.449. The number of halogens is 2. The van der Waals surface area contributed by atoms with Crippen molar-refractivity contribution in [2.45, 2.75) is 19.4 Å².